The Balaban J connectivity index is 2.42. The number of rotatable bonds is 4. The number of benzene rings is 2. The van der Waals surface area contributed by atoms with E-state index in [-0.39, 0.29) is 10.5 Å². The van der Waals surface area contributed by atoms with E-state index in [1.165, 1.54) is 12.1 Å². The van der Waals surface area contributed by atoms with Crippen LogP contribution in [0.2, 0.25) is 0 Å². The van der Waals surface area contributed by atoms with Gasteiger partial charge in [-0.3, -0.25) is 4.72 Å². The average molecular weight is 318 g/mol. The van der Waals surface area contributed by atoms with E-state index in [0.29, 0.717) is 11.3 Å². The van der Waals surface area contributed by atoms with Crippen LogP contribution in [0.3, 0.4) is 0 Å². The molecule has 0 atom stereocenters. The van der Waals surface area contributed by atoms with Gasteiger partial charge in [0.2, 0.25) is 0 Å². The van der Waals surface area contributed by atoms with Crippen LogP contribution in [0, 0.1) is 20.8 Å². The first-order valence-corrected chi connectivity index (χ1v) is 8.11. The number of aromatic carboxylic acids is 1. The Kier molecular flexibility index (Phi) is 4.23. The van der Waals surface area contributed by atoms with Crippen molar-refractivity contribution in [1.29, 1.82) is 0 Å². The fourth-order valence-corrected chi connectivity index (χ4v) is 3.28. The summed E-state index contributed by atoms with van der Waals surface area (Å²) < 4.78 is 27.3. The van der Waals surface area contributed by atoms with Gasteiger partial charge in [0, 0.05) is 5.56 Å². The van der Waals surface area contributed by atoms with Crippen LogP contribution in [0.25, 0.3) is 0 Å². The molecule has 0 aliphatic heterocycles. The minimum atomic E-state index is -3.86. The molecule has 0 saturated carbocycles. The molecular formula is C16H16NO4S-. The van der Waals surface area contributed by atoms with E-state index < -0.39 is 16.0 Å². The summed E-state index contributed by atoms with van der Waals surface area (Å²) in [5, 5.41) is 11.0. The molecule has 0 unspecified atom stereocenters. The molecule has 1 N–H and O–H groups in total. The molecule has 0 spiro atoms. The molecule has 0 saturated heterocycles. The predicted molar refractivity (Wildman–Crippen MR) is 82.2 cm³/mol. The van der Waals surface area contributed by atoms with E-state index in [9.17, 15) is 18.3 Å². The van der Waals surface area contributed by atoms with Crippen LogP contribution in [0.4, 0.5) is 5.69 Å². The molecule has 0 bridgehead atoms. The summed E-state index contributed by atoms with van der Waals surface area (Å²) in [6.45, 7) is 5.29. The minimum Gasteiger partial charge on any atom is -0.545 e. The summed E-state index contributed by atoms with van der Waals surface area (Å²) >= 11 is 0. The molecule has 2 aromatic carbocycles. The van der Waals surface area contributed by atoms with Crippen LogP contribution < -0.4 is 9.83 Å². The Morgan fingerprint density at radius 3 is 2.27 bits per heavy atom. The van der Waals surface area contributed by atoms with Gasteiger partial charge in [-0.25, -0.2) is 8.42 Å². The molecule has 0 aliphatic carbocycles. The number of anilines is 1. The van der Waals surface area contributed by atoms with Gasteiger partial charge in [0.15, 0.2) is 0 Å². The van der Waals surface area contributed by atoms with Crippen molar-refractivity contribution in [2.75, 3.05) is 4.72 Å². The second-order valence-electron chi connectivity index (χ2n) is 5.19. The summed E-state index contributed by atoms with van der Waals surface area (Å²) in [6, 6.07) is 9.26. The molecule has 0 aromatic heterocycles. The summed E-state index contributed by atoms with van der Waals surface area (Å²) in [5.41, 5.74) is 2.58. The number of aryl methyl sites for hydroxylation is 3. The number of carboxylic acids is 1. The Morgan fingerprint density at radius 2 is 1.68 bits per heavy atom. The molecular weight excluding hydrogens is 302 g/mol. The topological polar surface area (TPSA) is 86.3 Å². The lowest BCUT2D eigenvalue weighted by Gasteiger charge is -2.13. The third-order valence-electron chi connectivity index (χ3n) is 3.37. The van der Waals surface area contributed by atoms with Gasteiger partial charge in [0.1, 0.15) is 0 Å². The van der Waals surface area contributed by atoms with Crippen molar-refractivity contribution in [1.82, 2.24) is 0 Å². The highest BCUT2D eigenvalue weighted by Gasteiger charge is 2.17. The molecule has 2 aromatic rings. The first-order chi connectivity index (χ1) is 10.2. The molecule has 22 heavy (non-hydrogen) atoms. The highest BCUT2D eigenvalue weighted by Crippen LogP contribution is 2.22. The molecule has 5 nitrogen and oxygen atoms in total. The lowest BCUT2D eigenvalue weighted by Crippen LogP contribution is -2.24. The number of nitrogens with one attached hydrogen (secondary N) is 1. The highest BCUT2D eigenvalue weighted by molar-refractivity contribution is 7.92. The predicted octanol–water partition coefficient (Wildman–Crippen LogP) is 1.78. The van der Waals surface area contributed by atoms with Gasteiger partial charge in [0.05, 0.1) is 16.6 Å². The van der Waals surface area contributed by atoms with Crippen LogP contribution >= 0.6 is 0 Å². The maximum atomic E-state index is 12.4. The number of hydrogen-bond donors (Lipinski definition) is 1. The van der Waals surface area contributed by atoms with E-state index in [4.69, 9.17) is 0 Å². The SMILES string of the molecule is Cc1ccc(NS(=O)(=O)c2ccc(C)c(C(=O)[O-])c2)c(C)c1. The zero-order valence-corrected chi connectivity index (χ0v) is 13.3. The first kappa shape index (κ1) is 16.0. The lowest BCUT2D eigenvalue weighted by atomic mass is 10.1. The number of carbonyl (C=O) groups excluding carboxylic acids is 1. The fourth-order valence-electron chi connectivity index (χ4n) is 2.12. The van der Waals surface area contributed by atoms with E-state index >= 15 is 0 Å². The fraction of sp³-hybridized carbons (Fsp3) is 0.188. The summed E-state index contributed by atoms with van der Waals surface area (Å²) in [4.78, 5) is 10.9. The van der Waals surface area contributed by atoms with E-state index in [0.717, 1.165) is 17.2 Å². The molecule has 0 aliphatic rings. The van der Waals surface area contributed by atoms with Gasteiger partial charge in [-0.15, -0.1) is 0 Å². The lowest BCUT2D eigenvalue weighted by molar-refractivity contribution is -0.255. The molecule has 0 fully saturated rings. The molecule has 0 radical (unpaired) electrons. The molecule has 0 heterocycles. The van der Waals surface area contributed by atoms with Gasteiger partial charge < -0.3 is 9.90 Å². The molecule has 116 valence electrons. The van der Waals surface area contributed by atoms with Crippen LogP contribution in [0.5, 0.6) is 0 Å². The Morgan fingerprint density at radius 1 is 1.00 bits per heavy atom. The van der Waals surface area contributed by atoms with Crippen LogP contribution in [-0.2, 0) is 10.0 Å². The van der Waals surface area contributed by atoms with E-state index in [2.05, 4.69) is 4.72 Å². The van der Waals surface area contributed by atoms with Gasteiger partial charge in [0.25, 0.3) is 10.0 Å². The number of hydrogen-bond acceptors (Lipinski definition) is 4. The van der Waals surface area contributed by atoms with Gasteiger partial charge >= 0.3 is 0 Å². The number of carboxylic acid groups (broad SMARTS) is 1. The van der Waals surface area contributed by atoms with Crippen LogP contribution in [0.1, 0.15) is 27.0 Å². The molecule has 0 amide bonds. The van der Waals surface area contributed by atoms with Crippen LogP contribution in [0.15, 0.2) is 41.3 Å². The highest BCUT2D eigenvalue weighted by atomic mass is 32.2. The van der Waals surface area contributed by atoms with Gasteiger partial charge in [-0.05, 0) is 50.1 Å². The minimum absolute atomic E-state index is 0.114. The van der Waals surface area contributed by atoms with Crippen molar-refractivity contribution in [2.24, 2.45) is 0 Å². The summed E-state index contributed by atoms with van der Waals surface area (Å²) in [7, 11) is -3.86. The summed E-state index contributed by atoms with van der Waals surface area (Å²) in [5.74, 6) is -1.40. The van der Waals surface area contributed by atoms with Gasteiger partial charge in [-0.1, -0.05) is 23.8 Å². The average Bonchev–Trinajstić information content (AvgIpc) is 2.42. The normalized spacial score (nSPS) is 11.2. The van der Waals surface area contributed by atoms with Crippen molar-refractivity contribution >= 4 is 21.7 Å². The van der Waals surface area contributed by atoms with Crippen molar-refractivity contribution < 1.29 is 18.3 Å². The Hall–Kier alpha value is -2.34. The number of carbonyl (C=O) groups is 1. The van der Waals surface area contributed by atoms with Crippen molar-refractivity contribution in [3.8, 4) is 0 Å². The third-order valence-corrected chi connectivity index (χ3v) is 4.73. The molecule has 2 rings (SSSR count). The second kappa shape index (κ2) is 5.81. The maximum Gasteiger partial charge on any atom is 0.261 e. The zero-order chi connectivity index (χ0) is 16.5. The third kappa shape index (κ3) is 3.28. The first-order valence-electron chi connectivity index (χ1n) is 6.63. The van der Waals surface area contributed by atoms with Gasteiger partial charge in [-0.2, -0.15) is 0 Å². The monoisotopic (exact) mass is 318 g/mol. The van der Waals surface area contributed by atoms with E-state index in [1.54, 1.807) is 26.0 Å². The molecule has 6 heteroatoms. The largest absolute Gasteiger partial charge is 0.545 e. The second-order valence-corrected chi connectivity index (χ2v) is 6.87. The standard InChI is InChI=1S/C16H17NO4S/c1-10-4-7-15(12(3)8-10)17-22(20,21)13-6-5-11(2)14(9-13)16(18)19/h4-9,17H,1-3H3,(H,18,19)/p-1. The summed E-state index contributed by atoms with van der Waals surface area (Å²) in [6.07, 6.45) is 0. The zero-order valence-electron chi connectivity index (χ0n) is 12.5. The van der Waals surface area contributed by atoms with Crippen molar-refractivity contribution in [3.05, 3.63) is 58.7 Å². The van der Waals surface area contributed by atoms with E-state index in [1.807, 2.05) is 13.0 Å². The maximum absolute atomic E-state index is 12.4. The van der Waals surface area contributed by atoms with Crippen molar-refractivity contribution in [3.63, 3.8) is 0 Å². The Labute approximate surface area is 129 Å². The van der Waals surface area contributed by atoms with Crippen LogP contribution in [-0.4, -0.2) is 14.4 Å². The van der Waals surface area contributed by atoms with Crippen molar-refractivity contribution in [2.45, 2.75) is 25.7 Å². The Bertz CT molecular complexity index is 841. The smallest absolute Gasteiger partial charge is 0.261 e. The number of sulfonamides is 1. The quantitative estimate of drug-likeness (QED) is 0.931.